The van der Waals surface area contributed by atoms with E-state index in [1.165, 1.54) is 24.0 Å². The molecule has 7 nitrogen and oxygen atoms in total. The van der Waals surface area contributed by atoms with Gasteiger partial charge in [0.25, 0.3) is 5.56 Å². The van der Waals surface area contributed by atoms with Gasteiger partial charge in [0.05, 0.1) is 38.8 Å². The third-order valence-corrected chi connectivity index (χ3v) is 5.89. The standard InChI is InChI=1S/C20H20Cl2N4O3S/c1-11(10-29-3)26-19(28)14-6-4-5-7-16(14)24-20(26)30-12(2)18(27)25-17-15(22)8-13(21)9-23-17/h4-9,11-12H,10H2,1-3H3,(H,23,25,27)/t11-,12+/m1/s1. The number of amides is 1. The van der Waals surface area contributed by atoms with E-state index in [9.17, 15) is 9.59 Å². The van der Waals surface area contributed by atoms with Crippen LogP contribution in [-0.2, 0) is 9.53 Å². The van der Waals surface area contributed by atoms with Crippen LogP contribution in [0.3, 0.4) is 0 Å². The molecule has 0 fully saturated rings. The number of halogens is 2. The molecule has 0 radical (unpaired) electrons. The van der Waals surface area contributed by atoms with Crippen molar-refractivity contribution in [3.63, 3.8) is 0 Å². The minimum atomic E-state index is -0.576. The molecule has 0 saturated carbocycles. The van der Waals surface area contributed by atoms with Gasteiger partial charge < -0.3 is 10.1 Å². The van der Waals surface area contributed by atoms with Crippen LogP contribution in [0.4, 0.5) is 5.82 Å². The van der Waals surface area contributed by atoms with Crippen molar-refractivity contribution in [1.82, 2.24) is 14.5 Å². The highest BCUT2D eigenvalue weighted by Gasteiger charge is 2.22. The molecule has 30 heavy (non-hydrogen) atoms. The molecule has 0 bridgehead atoms. The maximum Gasteiger partial charge on any atom is 0.262 e. The van der Waals surface area contributed by atoms with Crippen molar-refractivity contribution in [2.24, 2.45) is 0 Å². The average Bonchev–Trinajstić information content (AvgIpc) is 2.70. The lowest BCUT2D eigenvalue weighted by Gasteiger charge is -2.20. The molecular weight excluding hydrogens is 447 g/mol. The second-order valence-electron chi connectivity index (χ2n) is 6.62. The fraction of sp³-hybridized carbons (Fsp3) is 0.300. The van der Waals surface area contributed by atoms with Crippen molar-refractivity contribution in [3.05, 3.63) is 56.9 Å². The number of nitrogens with one attached hydrogen (secondary N) is 1. The first kappa shape index (κ1) is 22.6. The third kappa shape index (κ3) is 4.95. The molecule has 0 spiro atoms. The van der Waals surface area contributed by atoms with Crippen LogP contribution in [0.25, 0.3) is 10.9 Å². The van der Waals surface area contributed by atoms with E-state index in [-0.39, 0.29) is 28.3 Å². The van der Waals surface area contributed by atoms with Gasteiger partial charge in [0.2, 0.25) is 5.91 Å². The minimum Gasteiger partial charge on any atom is -0.383 e. The lowest BCUT2D eigenvalue weighted by atomic mass is 10.2. The van der Waals surface area contributed by atoms with Crippen molar-refractivity contribution in [1.29, 1.82) is 0 Å². The van der Waals surface area contributed by atoms with Gasteiger partial charge in [-0.25, -0.2) is 9.97 Å². The van der Waals surface area contributed by atoms with E-state index >= 15 is 0 Å². The molecular formula is C20H20Cl2N4O3S. The Morgan fingerprint density at radius 1 is 1.30 bits per heavy atom. The predicted octanol–water partition coefficient (Wildman–Crippen LogP) is 4.43. The zero-order chi connectivity index (χ0) is 21.8. The Morgan fingerprint density at radius 2 is 2.03 bits per heavy atom. The molecule has 3 aromatic rings. The summed E-state index contributed by atoms with van der Waals surface area (Å²) in [7, 11) is 1.57. The molecule has 3 rings (SSSR count). The summed E-state index contributed by atoms with van der Waals surface area (Å²) in [5, 5.41) is 3.66. The zero-order valence-electron chi connectivity index (χ0n) is 16.6. The number of methoxy groups -OCH3 is 1. The van der Waals surface area contributed by atoms with Crippen molar-refractivity contribution in [2.45, 2.75) is 30.3 Å². The van der Waals surface area contributed by atoms with Gasteiger partial charge in [-0.2, -0.15) is 0 Å². The Kier molecular flexibility index (Phi) is 7.36. The summed E-state index contributed by atoms with van der Waals surface area (Å²) in [6, 6.07) is 8.36. The normalized spacial score (nSPS) is 13.2. The van der Waals surface area contributed by atoms with Crippen LogP contribution in [0.1, 0.15) is 19.9 Å². The molecule has 0 unspecified atom stereocenters. The van der Waals surface area contributed by atoms with Crippen molar-refractivity contribution >= 4 is 57.6 Å². The summed E-state index contributed by atoms with van der Waals surface area (Å²) in [6.07, 6.45) is 1.40. The second kappa shape index (κ2) is 9.78. The Hall–Kier alpha value is -2.13. The molecule has 0 aliphatic rings. The molecule has 0 aliphatic carbocycles. The van der Waals surface area contributed by atoms with Crippen LogP contribution in [-0.4, -0.2) is 39.4 Å². The molecule has 0 aliphatic heterocycles. The monoisotopic (exact) mass is 466 g/mol. The number of ether oxygens (including phenoxy) is 1. The van der Waals surface area contributed by atoms with Gasteiger partial charge in [-0.3, -0.25) is 14.2 Å². The number of nitrogens with zero attached hydrogens (tertiary/aromatic N) is 3. The van der Waals surface area contributed by atoms with Crippen LogP contribution >= 0.6 is 35.0 Å². The van der Waals surface area contributed by atoms with Gasteiger partial charge in [-0.15, -0.1) is 0 Å². The summed E-state index contributed by atoms with van der Waals surface area (Å²) < 4.78 is 6.79. The number of thioether (sulfide) groups is 1. The van der Waals surface area contributed by atoms with Crippen LogP contribution < -0.4 is 10.9 Å². The minimum absolute atomic E-state index is 0.178. The first-order chi connectivity index (χ1) is 14.3. The third-order valence-electron chi connectivity index (χ3n) is 4.32. The van der Waals surface area contributed by atoms with E-state index in [0.717, 1.165) is 0 Å². The first-order valence-corrected chi connectivity index (χ1v) is 10.7. The van der Waals surface area contributed by atoms with Gasteiger partial charge in [0, 0.05) is 13.3 Å². The van der Waals surface area contributed by atoms with E-state index in [2.05, 4.69) is 15.3 Å². The molecule has 1 N–H and O–H groups in total. The number of hydrogen-bond acceptors (Lipinski definition) is 6. The largest absolute Gasteiger partial charge is 0.383 e. The van der Waals surface area contributed by atoms with Crippen molar-refractivity contribution in [2.75, 3.05) is 19.0 Å². The number of para-hydroxylation sites is 1. The Labute approximate surface area is 187 Å². The lowest BCUT2D eigenvalue weighted by molar-refractivity contribution is -0.115. The molecule has 2 aromatic heterocycles. The molecule has 2 atom stereocenters. The summed E-state index contributed by atoms with van der Waals surface area (Å²) >= 11 is 13.1. The van der Waals surface area contributed by atoms with E-state index in [1.807, 2.05) is 13.0 Å². The molecule has 0 saturated heterocycles. The summed E-state index contributed by atoms with van der Waals surface area (Å²) in [5.41, 5.74) is 0.392. The van der Waals surface area contributed by atoms with E-state index < -0.39 is 5.25 Å². The van der Waals surface area contributed by atoms with Crippen LogP contribution in [0, 0.1) is 0 Å². The van der Waals surface area contributed by atoms with E-state index in [0.29, 0.717) is 27.7 Å². The molecule has 10 heteroatoms. The number of pyridine rings is 1. The second-order valence-corrected chi connectivity index (χ2v) is 8.78. The summed E-state index contributed by atoms with van der Waals surface area (Å²) in [6.45, 7) is 3.92. The number of benzene rings is 1. The SMILES string of the molecule is COC[C@@H](C)n1c(S[C@@H](C)C(=O)Nc2ncc(Cl)cc2Cl)nc2ccccc2c1=O. The first-order valence-electron chi connectivity index (χ1n) is 9.10. The topological polar surface area (TPSA) is 86.1 Å². The number of anilines is 1. The Morgan fingerprint density at radius 3 is 2.73 bits per heavy atom. The molecule has 1 amide bonds. The number of hydrogen-bond donors (Lipinski definition) is 1. The van der Waals surface area contributed by atoms with Gasteiger partial charge >= 0.3 is 0 Å². The van der Waals surface area contributed by atoms with Gasteiger partial charge in [-0.05, 0) is 32.0 Å². The smallest absolute Gasteiger partial charge is 0.262 e. The maximum atomic E-state index is 13.1. The van der Waals surface area contributed by atoms with E-state index in [4.69, 9.17) is 27.9 Å². The fourth-order valence-corrected chi connectivity index (χ4v) is 4.29. The number of fused-ring (bicyclic) bond motifs is 1. The van der Waals surface area contributed by atoms with Crippen LogP contribution in [0.15, 0.2) is 46.5 Å². The highest BCUT2D eigenvalue weighted by Crippen LogP contribution is 2.27. The van der Waals surface area contributed by atoms with Gasteiger partial charge in [0.15, 0.2) is 11.0 Å². The zero-order valence-corrected chi connectivity index (χ0v) is 18.9. The van der Waals surface area contributed by atoms with Gasteiger partial charge in [0.1, 0.15) is 0 Å². The van der Waals surface area contributed by atoms with E-state index in [1.54, 1.807) is 36.8 Å². The Balaban J connectivity index is 1.92. The highest BCUT2D eigenvalue weighted by molar-refractivity contribution is 8.00. The summed E-state index contributed by atoms with van der Waals surface area (Å²) in [4.78, 5) is 34.5. The predicted molar refractivity (Wildman–Crippen MR) is 121 cm³/mol. The summed E-state index contributed by atoms with van der Waals surface area (Å²) in [5.74, 6) is -0.111. The van der Waals surface area contributed by atoms with Crippen molar-refractivity contribution < 1.29 is 9.53 Å². The molecule has 2 heterocycles. The van der Waals surface area contributed by atoms with Gasteiger partial charge in [-0.1, -0.05) is 47.1 Å². The number of rotatable bonds is 7. The number of carbonyl (C=O) groups is 1. The highest BCUT2D eigenvalue weighted by atomic mass is 35.5. The quantitative estimate of drug-likeness (QED) is 0.409. The Bertz CT molecular complexity index is 1140. The fourth-order valence-electron chi connectivity index (χ4n) is 2.85. The number of carbonyl (C=O) groups excluding carboxylic acids is 1. The van der Waals surface area contributed by atoms with Crippen LogP contribution in [0.5, 0.6) is 0 Å². The van der Waals surface area contributed by atoms with Crippen molar-refractivity contribution in [3.8, 4) is 0 Å². The maximum absolute atomic E-state index is 13.1. The molecule has 1 aromatic carbocycles. The molecule has 158 valence electrons. The van der Waals surface area contributed by atoms with Crippen LogP contribution in [0.2, 0.25) is 10.0 Å². The number of aromatic nitrogens is 3. The average molecular weight is 467 g/mol. The lowest BCUT2D eigenvalue weighted by Crippen LogP contribution is -2.30.